The maximum atomic E-state index is 12.3. The lowest BCUT2D eigenvalue weighted by Gasteiger charge is -2.18. The SMILES string of the molecule is CN(CCC#N)C(=O)c1ccc(-c2ccc3c(c2)OCCO3)s1. The Morgan fingerprint density at radius 2 is 2.04 bits per heavy atom. The van der Waals surface area contributed by atoms with E-state index in [9.17, 15) is 4.79 Å². The van der Waals surface area contributed by atoms with E-state index in [0.29, 0.717) is 31.1 Å². The second-order valence-corrected chi connectivity index (χ2v) is 6.24. The van der Waals surface area contributed by atoms with Gasteiger partial charge in [0.15, 0.2) is 11.5 Å². The minimum Gasteiger partial charge on any atom is -0.486 e. The van der Waals surface area contributed by atoms with E-state index in [0.717, 1.165) is 21.9 Å². The predicted molar refractivity (Wildman–Crippen MR) is 87.9 cm³/mol. The van der Waals surface area contributed by atoms with Crippen LogP contribution in [0.3, 0.4) is 0 Å². The smallest absolute Gasteiger partial charge is 0.263 e. The van der Waals surface area contributed by atoms with Gasteiger partial charge >= 0.3 is 0 Å². The van der Waals surface area contributed by atoms with Crippen LogP contribution in [-0.2, 0) is 0 Å². The lowest BCUT2D eigenvalue weighted by atomic mass is 10.1. The van der Waals surface area contributed by atoms with Gasteiger partial charge in [0, 0.05) is 18.5 Å². The second-order valence-electron chi connectivity index (χ2n) is 5.16. The molecule has 1 aromatic heterocycles. The number of hydrogen-bond donors (Lipinski definition) is 0. The number of nitriles is 1. The number of rotatable bonds is 4. The summed E-state index contributed by atoms with van der Waals surface area (Å²) in [5, 5.41) is 8.61. The number of nitrogens with zero attached hydrogens (tertiary/aromatic N) is 2. The van der Waals surface area contributed by atoms with E-state index in [1.807, 2.05) is 36.4 Å². The van der Waals surface area contributed by atoms with E-state index in [-0.39, 0.29) is 5.91 Å². The highest BCUT2D eigenvalue weighted by molar-refractivity contribution is 7.17. The fourth-order valence-corrected chi connectivity index (χ4v) is 3.31. The van der Waals surface area contributed by atoms with Crippen molar-refractivity contribution >= 4 is 17.2 Å². The molecule has 2 aromatic rings. The molecule has 0 atom stereocenters. The molecule has 3 rings (SSSR count). The summed E-state index contributed by atoms with van der Waals surface area (Å²) in [6.45, 7) is 1.56. The Kier molecular flexibility index (Phi) is 4.49. The van der Waals surface area contributed by atoms with Crippen molar-refractivity contribution in [1.29, 1.82) is 5.26 Å². The largest absolute Gasteiger partial charge is 0.486 e. The summed E-state index contributed by atoms with van der Waals surface area (Å²) < 4.78 is 11.1. The lowest BCUT2D eigenvalue weighted by molar-refractivity contribution is 0.0803. The Morgan fingerprint density at radius 3 is 2.83 bits per heavy atom. The first-order valence-electron chi connectivity index (χ1n) is 7.31. The molecule has 118 valence electrons. The Hall–Kier alpha value is -2.52. The molecule has 0 fully saturated rings. The molecule has 0 saturated heterocycles. The van der Waals surface area contributed by atoms with Crippen molar-refractivity contribution in [1.82, 2.24) is 4.90 Å². The number of thiophene rings is 1. The first-order chi connectivity index (χ1) is 11.2. The minimum atomic E-state index is -0.0611. The van der Waals surface area contributed by atoms with Crippen LogP contribution in [0, 0.1) is 11.3 Å². The van der Waals surface area contributed by atoms with E-state index in [2.05, 4.69) is 0 Å². The van der Waals surface area contributed by atoms with Crippen LogP contribution >= 0.6 is 11.3 Å². The van der Waals surface area contributed by atoms with Gasteiger partial charge in [-0.15, -0.1) is 11.3 Å². The average Bonchev–Trinajstić information content (AvgIpc) is 3.08. The van der Waals surface area contributed by atoms with E-state index in [1.165, 1.54) is 11.3 Å². The van der Waals surface area contributed by atoms with E-state index in [1.54, 1.807) is 11.9 Å². The molecule has 1 aliphatic heterocycles. The molecule has 6 heteroatoms. The van der Waals surface area contributed by atoms with Crippen molar-refractivity contribution in [3.8, 4) is 28.0 Å². The highest BCUT2D eigenvalue weighted by Gasteiger charge is 2.16. The number of fused-ring (bicyclic) bond motifs is 1. The van der Waals surface area contributed by atoms with Crippen molar-refractivity contribution in [2.75, 3.05) is 26.8 Å². The quantitative estimate of drug-likeness (QED) is 0.865. The number of carbonyl (C=O) groups excluding carboxylic acids is 1. The summed E-state index contributed by atoms with van der Waals surface area (Å²) in [5.74, 6) is 1.43. The van der Waals surface area contributed by atoms with Crippen molar-refractivity contribution < 1.29 is 14.3 Å². The Balaban J connectivity index is 1.79. The van der Waals surface area contributed by atoms with Gasteiger partial charge in [0.05, 0.1) is 17.4 Å². The molecule has 2 heterocycles. The summed E-state index contributed by atoms with van der Waals surface area (Å²) >= 11 is 1.44. The van der Waals surface area contributed by atoms with Crippen LogP contribution < -0.4 is 9.47 Å². The summed E-state index contributed by atoms with van der Waals surface area (Å²) in [5.41, 5.74) is 0.998. The van der Waals surface area contributed by atoms with Crippen LogP contribution in [0.15, 0.2) is 30.3 Å². The molecule has 0 aliphatic carbocycles. The summed E-state index contributed by atoms with van der Waals surface area (Å²) in [6, 6.07) is 11.6. The zero-order chi connectivity index (χ0) is 16.2. The van der Waals surface area contributed by atoms with Gasteiger partial charge < -0.3 is 14.4 Å². The van der Waals surface area contributed by atoms with Crippen LogP contribution in [0.5, 0.6) is 11.5 Å². The maximum Gasteiger partial charge on any atom is 0.263 e. The summed E-state index contributed by atoms with van der Waals surface area (Å²) in [4.78, 5) is 15.5. The number of ether oxygens (including phenoxy) is 2. The van der Waals surface area contributed by atoms with Crippen LogP contribution in [0.4, 0.5) is 0 Å². The maximum absolute atomic E-state index is 12.3. The molecular weight excluding hydrogens is 312 g/mol. The molecule has 1 amide bonds. The highest BCUT2D eigenvalue weighted by Crippen LogP contribution is 2.37. The van der Waals surface area contributed by atoms with Crippen molar-refractivity contribution in [2.45, 2.75) is 6.42 Å². The van der Waals surface area contributed by atoms with Crippen molar-refractivity contribution in [3.63, 3.8) is 0 Å². The predicted octanol–water partition coefficient (Wildman–Crippen LogP) is 3.17. The third-order valence-corrected chi connectivity index (χ3v) is 4.67. The number of hydrogen-bond acceptors (Lipinski definition) is 5. The number of benzene rings is 1. The molecule has 0 saturated carbocycles. The van der Waals surface area contributed by atoms with Gasteiger partial charge in [-0.1, -0.05) is 0 Å². The fraction of sp³-hybridized carbons (Fsp3) is 0.294. The van der Waals surface area contributed by atoms with Crippen LogP contribution in [-0.4, -0.2) is 37.6 Å². The van der Waals surface area contributed by atoms with Gasteiger partial charge in [0.2, 0.25) is 0 Å². The summed E-state index contributed by atoms with van der Waals surface area (Å²) in [7, 11) is 1.71. The molecule has 1 aromatic carbocycles. The number of amides is 1. The molecule has 0 spiro atoms. The van der Waals surface area contributed by atoms with E-state index < -0.39 is 0 Å². The second kappa shape index (κ2) is 6.71. The lowest BCUT2D eigenvalue weighted by Crippen LogP contribution is -2.26. The van der Waals surface area contributed by atoms with Gasteiger partial charge in [0.1, 0.15) is 13.2 Å². The van der Waals surface area contributed by atoms with Crippen LogP contribution in [0.1, 0.15) is 16.1 Å². The normalized spacial score (nSPS) is 12.5. The molecule has 0 unspecified atom stereocenters. The number of carbonyl (C=O) groups is 1. The van der Waals surface area contributed by atoms with Gasteiger partial charge in [-0.05, 0) is 35.9 Å². The third kappa shape index (κ3) is 3.30. The molecule has 0 bridgehead atoms. The van der Waals surface area contributed by atoms with Crippen LogP contribution in [0.2, 0.25) is 0 Å². The van der Waals surface area contributed by atoms with Crippen LogP contribution in [0.25, 0.3) is 10.4 Å². The minimum absolute atomic E-state index is 0.0611. The van der Waals surface area contributed by atoms with Gasteiger partial charge in [0.25, 0.3) is 5.91 Å². The van der Waals surface area contributed by atoms with Crippen molar-refractivity contribution in [2.24, 2.45) is 0 Å². The van der Waals surface area contributed by atoms with Crippen molar-refractivity contribution in [3.05, 3.63) is 35.2 Å². The summed E-state index contributed by atoms with van der Waals surface area (Å²) in [6.07, 6.45) is 0.336. The highest BCUT2D eigenvalue weighted by atomic mass is 32.1. The average molecular weight is 328 g/mol. The van der Waals surface area contributed by atoms with E-state index in [4.69, 9.17) is 14.7 Å². The van der Waals surface area contributed by atoms with Gasteiger partial charge in [-0.3, -0.25) is 4.79 Å². The van der Waals surface area contributed by atoms with E-state index >= 15 is 0 Å². The molecule has 0 N–H and O–H groups in total. The topological polar surface area (TPSA) is 62.6 Å². The first kappa shape index (κ1) is 15.4. The Bertz CT molecular complexity index is 763. The zero-order valence-electron chi connectivity index (χ0n) is 12.7. The zero-order valence-corrected chi connectivity index (χ0v) is 13.6. The molecule has 5 nitrogen and oxygen atoms in total. The Labute approximate surface area is 138 Å². The molecular formula is C17H16N2O3S. The first-order valence-corrected chi connectivity index (χ1v) is 8.13. The van der Waals surface area contributed by atoms with Gasteiger partial charge in [-0.2, -0.15) is 5.26 Å². The molecule has 23 heavy (non-hydrogen) atoms. The molecule has 1 aliphatic rings. The fourth-order valence-electron chi connectivity index (χ4n) is 2.31. The third-order valence-electron chi connectivity index (χ3n) is 3.55. The molecule has 0 radical (unpaired) electrons. The monoisotopic (exact) mass is 328 g/mol. The standard InChI is InChI=1S/C17H16N2O3S/c1-19(8-2-7-18)17(20)16-6-5-15(23-16)12-3-4-13-14(11-12)22-10-9-21-13/h3-6,11H,2,8-10H2,1H3. The van der Waals surface area contributed by atoms with Gasteiger partial charge in [-0.25, -0.2) is 0 Å². The Morgan fingerprint density at radius 1 is 1.26 bits per heavy atom.